The number of hydrogen-bond acceptors (Lipinski definition) is 4. The molecule has 2 aliphatic rings. The summed E-state index contributed by atoms with van der Waals surface area (Å²) in [5.74, 6) is 7.43. The third kappa shape index (κ3) is 3.93. The van der Waals surface area contributed by atoms with E-state index in [1.54, 1.807) is 0 Å². The van der Waals surface area contributed by atoms with Crippen molar-refractivity contribution in [3.8, 4) is 34.5 Å². The number of carbonyl (C=O) groups excluding carboxylic acids is 1. The van der Waals surface area contributed by atoms with Crippen LogP contribution in [0.4, 0.5) is 4.79 Å². The molecule has 0 bridgehead atoms. The van der Waals surface area contributed by atoms with E-state index in [0.717, 1.165) is 11.3 Å². The molecule has 154 valence electrons. The second kappa shape index (κ2) is 8.45. The van der Waals surface area contributed by atoms with Gasteiger partial charge in [-0.25, -0.2) is 4.79 Å². The molecule has 0 saturated heterocycles. The van der Waals surface area contributed by atoms with Gasteiger partial charge in [-0.15, -0.1) is 0 Å². The number of carbonyl (C=O) groups is 1. The normalized spacial score (nSPS) is 13.4. The average molecular weight is 411 g/mol. The lowest BCUT2D eigenvalue weighted by Gasteiger charge is -2.17. The molecule has 1 aliphatic heterocycles. The van der Waals surface area contributed by atoms with Crippen LogP contribution in [0.1, 0.15) is 22.6 Å². The first-order valence-electron chi connectivity index (χ1n) is 10.3. The van der Waals surface area contributed by atoms with Gasteiger partial charge in [0.2, 0.25) is 0 Å². The highest BCUT2D eigenvalue weighted by molar-refractivity contribution is 5.79. The smallest absolute Gasteiger partial charge is 0.407 e. The van der Waals surface area contributed by atoms with Gasteiger partial charge < -0.3 is 19.5 Å². The van der Waals surface area contributed by atoms with E-state index in [9.17, 15) is 4.79 Å². The fourth-order valence-electron chi connectivity index (χ4n) is 4.03. The highest BCUT2D eigenvalue weighted by atomic mass is 16.6. The van der Waals surface area contributed by atoms with Crippen molar-refractivity contribution in [3.63, 3.8) is 0 Å². The van der Waals surface area contributed by atoms with Crippen molar-refractivity contribution in [2.75, 3.05) is 26.4 Å². The summed E-state index contributed by atoms with van der Waals surface area (Å²) in [6, 6.07) is 22.1. The van der Waals surface area contributed by atoms with Gasteiger partial charge in [-0.1, -0.05) is 60.4 Å². The number of amides is 1. The minimum Gasteiger partial charge on any atom is -0.486 e. The number of alkyl carbamates (subject to hydrolysis) is 1. The van der Waals surface area contributed by atoms with Gasteiger partial charge in [-0.2, -0.15) is 0 Å². The van der Waals surface area contributed by atoms with Crippen molar-refractivity contribution in [1.82, 2.24) is 5.32 Å². The molecule has 0 radical (unpaired) electrons. The van der Waals surface area contributed by atoms with Crippen molar-refractivity contribution in [1.29, 1.82) is 0 Å². The molecule has 1 aliphatic carbocycles. The molecule has 0 saturated carbocycles. The number of fused-ring (bicyclic) bond motifs is 4. The van der Waals surface area contributed by atoms with Gasteiger partial charge in [0.05, 0.1) is 6.54 Å². The van der Waals surface area contributed by atoms with Gasteiger partial charge in [-0.3, -0.25) is 0 Å². The molecule has 1 N–H and O–H groups in total. The fraction of sp³-hybridized carbons (Fsp3) is 0.192. The van der Waals surface area contributed by atoms with Crippen LogP contribution in [0.15, 0.2) is 66.7 Å². The van der Waals surface area contributed by atoms with E-state index in [1.165, 1.54) is 22.3 Å². The van der Waals surface area contributed by atoms with Crippen LogP contribution in [0.5, 0.6) is 11.5 Å². The summed E-state index contributed by atoms with van der Waals surface area (Å²) < 4.78 is 16.6. The standard InChI is InChI=1S/C26H21NO4/c28-26(27-13-5-6-18-11-12-24-25(16-18)30-15-14-29-24)31-17-23-21-9-3-1-7-19(21)20-8-2-4-10-22(20)23/h1-4,7-12,16,23H,13-15,17H2,(H,27,28). The predicted octanol–water partition coefficient (Wildman–Crippen LogP) is 4.35. The Kier molecular flexibility index (Phi) is 5.20. The molecule has 0 atom stereocenters. The second-order valence-electron chi connectivity index (χ2n) is 7.34. The van der Waals surface area contributed by atoms with Gasteiger partial charge >= 0.3 is 6.09 Å². The Morgan fingerprint density at radius 1 is 0.935 bits per heavy atom. The molecule has 1 heterocycles. The number of rotatable bonds is 3. The molecule has 31 heavy (non-hydrogen) atoms. The van der Waals surface area contributed by atoms with Crippen LogP contribution < -0.4 is 14.8 Å². The van der Waals surface area contributed by atoms with Crippen LogP contribution in [-0.2, 0) is 4.74 Å². The van der Waals surface area contributed by atoms with Gasteiger partial charge in [0.25, 0.3) is 0 Å². The Bertz CT molecular complexity index is 1150. The van der Waals surface area contributed by atoms with E-state index >= 15 is 0 Å². The molecule has 5 rings (SSSR count). The molecule has 0 unspecified atom stereocenters. The molecule has 0 aromatic heterocycles. The summed E-state index contributed by atoms with van der Waals surface area (Å²) >= 11 is 0. The second-order valence-corrected chi connectivity index (χ2v) is 7.34. The molecule has 3 aromatic rings. The fourth-order valence-corrected chi connectivity index (χ4v) is 4.03. The zero-order chi connectivity index (χ0) is 21.0. The third-order valence-electron chi connectivity index (χ3n) is 5.44. The molecule has 5 heteroatoms. The lowest BCUT2D eigenvalue weighted by molar-refractivity contribution is 0.144. The minimum atomic E-state index is -0.474. The minimum absolute atomic E-state index is 0.0435. The van der Waals surface area contributed by atoms with Gasteiger partial charge in [0.15, 0.2) is 11.5 Å². The zero-order valence-corrected chi connectivity index (χ0v) is 16.9. The van der Waals surface area contributed by atoms with Crippen LogP contribution in [0.2, 0.25) is 0 Å². The summed E-state index contributed by atoms with van der Waals surface area (Å²) in [7, 11) is 0. The first-order valence-corrected chi connectivity index (χ1v) is 10.3. The van der Waals surface area contributed by atoms with Crippen molar-refractivity contribution in [3.05, 3.63) is 83.4 Å². The van der Waals surface area contributed by atoms with E-state index in [4.69, 9.17) is 14.2 Å². The highest BCUT2D eigenvalue weighted by Crippen LogP contribution is 2.44. The highest BCUT2D eigenvalue weighted by Gasteiger charge is 2.28. The molecular weight excluding hydrogens is 390 g/mol. The van der Waals surface area contributed by atoms with Crippen molar-refractivity contribution >= 4 is 6.09 Å². The van der Waals surface area contributed by atoms with Crippen LogP contribution >= 0.6 is 0 Å². The summed E-state index contributed by atoms with van der Waals surface area (Å²) in [5.41, 5.74) is 5.60. The van der Waals surface area contributed by atoms with Crippen LogP contribution in [0, 0.1) is 11.8 Å². The van der Waals surface area contributed by atoms with E-state index < -0.39 is 6.09 Å². The van der Waals surface area contributed by atoms with Gasteiger partial charge in [0, 0.05) is 11.5 Å². The molecule has 0 spiro atoms. The average Bonchev–Trinajstić information content (AvgIpc) is 3.14. The number of nitrogens with one attached hydrogen (secondary N) is 1. The third-order valence-corrected chi connectivity index (χ3v) is 5.44. The summed E-state index contributed by atoms with van der Waals surface area (Å²) in [6.45, 7) is 1.58. The lowest BCUT2D eigenvalue weighted by atomic mass is 9.98. The summed E-state index contributed by atoms with van der Waals surface area (Å²) in [5, 5.41) is 2.70. The monoisotopic (exact) mass is 411 g/mol. The Labute approximate surface area is 181 Å². The first-order chi connectivity index (χ1) is 15.3. The maximum absolute atomic E-state index is 12.2. The SMILES string of the molecule is O=C(NCC#Cc1ccc2c(c1)OCCO2)OCC1c2ccccc2-c2ccccc21. The van der Waals surface area contributed by atoms with E-state index in [-0.39, 0.29) is 19.1 Å². The van der Waals surface area contributed by atoms with Crippen molar-refractivity contribution in [2.24, 2.45) is 0 Å². The molecule has 0 fully saturated rings. The maximum Gasteiger partial charge on any atom is 0.407 e. The Morgan fingerprint density at radius 3 is 2.35 bits per heavy atom. The first kappa shape index (κ1) is 19.1. The Balaban J connectivity index is 1.17. The summed E-state index contributed by atoms with van der Waals surface area (Å²) in [6.07, 6.45) is -0.474. The lowest BCUT2D eigenvalue weighted by Crippen LogP contribution is -2.26. The predicted molar refractivity (Wildman–Crippen MR) is 117 cm³/mol. The van der Waals surface area contributed by atoms with Gasteiger partial charge in [-0.05, 0) is 40.5 Å². The largest absolute Gasteiger partial charge is 0.486 e. The molecule has 3 aromatic carbocycles. The quantitative estimate of drug-likeness (QED) is 0.651. The van der Waals surface area contributed by atoms with Crippen LogP contribution in [0.3, 0.4) is 0 Å². The Hall–Kier alpha value is -3.91. The number of ether oxygens (including phenoxy) is 3. The number of benzene rings is 3. The zero-order valence-electron chi connectivity index (χ0n) is 16.9. The number of hydrogen-bond donors (Lipinski definition) is 1. The van der Waals surface area contributed by atoms with E-state index in [1.807, 2.05) is 42.5 Å². The molecule has 1 amide bonds. The van der Waals surface area contributed by atoms with Crippen LogP contribution in [0.25, 0.3) is 11.1 Å². The van der Waals surface area contributed by atoms with Crippen LogP contribution in [-0.4, -0.2) is 32.5 Å². The maximum atomic E-state index is 12.2. The summed E-state index contributed by atoms with van der Waals surface area (Å²) in [4.78, 5) is 12.2. The van der Waals surface area contributed by atoms with E-state index in [2.05, 4.69) is 41.4 Å². The Morgan fingerprint density at radius 2 is 1.61 bits per heavy atom. The van der Waals surface area contributed by atoms with E-state index in [0.29, 0.717) is 19.0 Å². The molecular formula is C26H21NO4. The molecule has 5 nitrogen and oxygen atoms in total. The van der Waals surface area contributed by atoms with Gasteiger partial charge in [0.1, 0.15) is 19.8 Å². The van der Waals surface area contributed by atoms with Crippen molar-refractivity contribution < 1.29 is 19.0 Å². The topological polar surface area (TPSA) is 56.8 Å². The van der Waals surface area contributed by atoms with Crippen molar-refractivity contribution in [2.45, 2.75) is 5.92 Å².